The molecule has 2 aromatic heterocycles. The van der Waals surface area contributed by atoms with Gasteiger partial charge in [0.1, 0.15) is 35.9 Å². The number of hydrogen-bond acceptors (Lipinski definition) is 12. The monoisotopic (exact) mass is 870 g/mol. The SMILES string of the molecule is CC(C)(CC(=O)OCCOC(=O)CC(C)(C)CC(=O)Oc1cc2oc(=O)cc(C=[N+]=[N-])c2cc1Br)CC(=O)Oc1cc2oc(=O)cc(C=[N+]=[N-])c2cc1Br. The van der Waals surface area contributed by atoms with Crippen molar-refractivity contribution in [3.05, 3.63) is 88.4 Å². The van der Waals surface area contributed by atoms with Gasteiger partial charge in [0, 0.05) is 35.0 Å². The average molecular weight is 872 g/mol. The zero-order valence-electron chi connectivity index (χ0n) is 29.3. The van der Waals surface area contributed by atoms with Crippen LogP contribution in [0.2, 0.25) is 0 Å². The second-order valence-electron chi connectivity index (χ2n) is 13.5. The van der Waals surface area contributed by atoms with Crippen LogP contribution in [0.1, 0.15) is 64.5 Å². The van der Waals surface area contributed by atoms with Crippen LogP contribution in [0.5, 0.6) is 11.5 Å². The molecule has 16 nitrogen and oxygen atoms in total. The van der Waals surface area contributed by atoms with Crippen molar-refractivity contribution in [3.8, 4) is 11.5 Å². The van der Waals surface area contributed by atoms with Gasteiger partial charge in [-0.05, 0) is 54.8 Å². The Hall–Kier alpha value is -5.54. The van der Waals surface area contributed by atoms with Gasteiger partial charge in [-0.25, -0.2) is 9.59 Å². The maximum Gasteiger partial charge on any atom is 0.337 e. The number of nitrogens with zero attached hydrogens (tertiary/aromatic N) is 4. The standard InChI is InChI=1S/C36H32Br2N4O12/c1-35(2,15-33(47)53-27-11-25-21(9-23(27)37)19(17-41-39)7-29(43)51-25)13-31(45)49-5-6-50-32(46)14-36(3,4)16-34(48)54-28-12-26-22(10-24(28)38)20(18-42-40)8-30(44)52-26/h7-12,17-18H,5-6,13-16H2,1-4H3. The predicted molar refractivity (Wildman–Crippen MR) is 197 cm³/mol. The highest BCUT2D eigenvalue weighted by molar-refractivity contribution is 9.11. The number of esters is 4. The summed E-state index contributed by atoms with van der Waals surface area (Å²) >= 11 is 6.63. The molecule has 0 fully saturated rings. The fraction of sp³-hybridized carbons (Fsp3) is 0.333. The minimum absolute atomic E-state index is 0.0632. The normalized spacial score (nSPS) is 11.3. The van der Waals surface area contributed by atoms with E-state index in [0.717, 1.165) is 24.6 Å². The molecule has 0 radical (unpaired) electrons. The molecule has 18 heteroatoms. The van der Waals surface area contributed by atoms with Crippen molar-refractivity contribution in [3.63, 3.8) is 0 Å². The average Bonchev–Trinajstić information content (AvgIpc) is 3.03. The second kappa shape index (κ2) is 17.5. The Bertz CT molecular complexity index is 2210. The molecule has 4 rings (SSSR count). The van der Waals surface area contributed by atoms with Crippen molar-refractivity contribution in [1.82, 2.24) is 0 Å². The molecule has 282 valence electrons. The van der Waals surface area contributed by atoms with E-state index in [1.807, 2.05) is 0 Å². The lowest BCUT2D eigenvalue weighted by atomic mass is 9.86. The van der Waals surface area contributed by atoms with Gasteiger partial charge >= 0.3 is 35.1 Å². The van der Waals surface area contributed by atoms with Crippen molar-refractivity contribution < 1.29 is 56.5 Å². The number of carbonyl (C=O) groups excluding carboxylic acids is 4. The van der Waals surface area contributed by atoms with Crippen LogP contribution in [0.15, 0.2) is 63.8 Å². The van der Waals surface area contributed by atoms with Crippen molar-refractivity contribution in [1.29, 1.82) is 0 Å². The molecule has 0 aliphatic carbocycles. The number of fused-ring (bicyclic) bond motifs is 2. The van der Waals surface area contributed by atoms with E-state index in [-0.39, 0.29) is 72.7 Å². The van der Waals surface area contributed by atoms with Crippen molar-refractivity contribution in [2.45, 2.75) is 53.4 Å². The van der Waals surface area contributed by atoms with Crippen LogP contribution in [-0.4, -0.2) is 59.1 Å². The number of rotatable bonds is 15. The Morgan fingerprint density at radius 3 is 1.33 bits per heavy atom. The first-order valence-corrected chi connectivity index (χ1v) is 17.6. The molecule has 0 saturated carbocycles. The van der Waals surface area contributed by atoms with Gasteiger partial charge in [-0.15, -0.1) is 0 Å². The van der Waals surface area contributed by atoms with Gasteiger partial charge in [0.05, 0.1) is 45.8 Å². The molecule has 0 N–H and O–H groups in total. The van der Waals surface area contributed by atoms with Gasteiger partial charge in [0.2, 0.25) is 0 Å². The number of hydrogen-bond donors (Lipinski definition) is 0. The van der Waals surface area contributed by atoms with Crippen molar-refractivity contribution >= 4 is 90.1 Å². The zero-order chi connectivity index (χ0) is 39.8. The maximum atomic E-state index is 12.8. The van der Waals surface area contributed by atoms with E-state index in [1.54, 1.807) is 27.7 Å². The summed E-state index contributed by atoms with van der Waals surface area (Å²) in [6, 6.07) is 8.02. The highest BCUT2D eigenvalue weighted by Crippen LogP contribution is 2.35. The molecule has 0 unspecified atom stereocenters. The molecule has 54 heavy (non-hydrogen) atoms. The number of halogens is 2. The molecule has 2 aromatic carbocycles. The molecule has 2 heterocycles. The van der Waals surface area contributed by atoms with Crippen molar-refractivity contribution in [2.24, 2.45) is 10.8 Å². The van der Waals surface area contributed by atoms with E-state index in [4.69, 9.17) is 38.8 Å². The van der Waals surface area contributed by atoms with E-state index in [0.29, 0.717) is 19.7 Å². The van der Waals surface area contributed by atoms with Crippen LogP contribution in [-0.2, 0) is 28.7 Å². The predicted octanol–water partition coefficient (Wildman–Crippen LogP) is 5.93. The molecule has 0 atom stereocenters. The quantitative estimate of drug-likeness (QED) is 0.0257. The topological polar surface area (TPSA) is 238 Å². The first-order valence-electron chi connectivity index (χ1n) is 16.0. The van der Waals surface area contributed by atoms with Gasteiger partial charge < -0.3 is 38.8 Å². The van der Waals surface area contributed by atoms with Gasteiger partial charge in [-0.3, -0.25) is 19.2 Å². The number of ether oxygens (including phenoxy) is 4. The Morgan fingerprint density at radius 2 is 0.981 bits per heavy atom. The summed E-state index contributed by atoms with van der Waals surface area (Å²) in [4.78, 5) is 80.3. The Morgan fingerprint density at radius 1 is 0.630 bits per heavy atom. The molecule has 0 amide bonds. The zero-order valence-corrected chi connectivity index (χ0v) is 32.5. The molecule has 4 aromatic rings. The highest BCUT2D eigenvalue weighted by Gasteiger charge is 2.30. The summed E-state index contributed by atoms with van der Waals surface area (Å²) in [6.45, 7) is 6.17. The van der Waals surface area contributed by atoms with Crippen LogP contribution in [0, 0.1) is 10.8 Å². The third-order valence-corrected chi connectivity index (χ3v) is 8.84. The number of carbonyl (C=O) groups is 4. The van der Waals surface area contributed by atoms with E-state index >= 15 is 0 Å². The summed E-state index contributed by atoms with van der Waals surface area (Å²) in [5, 5.41) is 0.850. The molecule has 0 aliphatic heterocycles. The van der Waals surface area contributed by atoms with E-state index in [1.165, 1.54) is 24.3 Å². The first kappa shape index (κ1) is 41.2. The minimum atomic E-state index is -0.891. The van der Waals surface area contributed by atoms with Crippen LogP contribution in [0.25, 0.3) is 33.0 Å². The molecular weight excluding hydrogens is 840 g/mol. The Kier molecular flexibility index (Phi) is 13.4. The lowest BCUT2D eigenvalue weighted by molar-refractivity contribution is -0.155. The molecule has 0 saturated heterocycles. The summed E-state index contributed by atoms with van der Waals surface area (Å²) < 4.78 is 32.4. The first-order chi connectivity index (χ1) is 25.4. The number of benzene rings is 2. The largest absolute Gasteiger partial charge is 0.462 e. The van der Waals surface area contributed by atoms with Crippen LogP contribution >= 0.6 is 31.9 Å². The molecular formula is C36H32Br2N4O12. The molecule has 0 spiro atoms. The van der Waals surface area contributed by atoms with Crippen LogP contribution in [0.3, 0.4) is 0 Å². The summed E-state index contributed by atoms with van der Waals surface area (Å²) in [5.41, 5.74) is 15.3. The third kappa shape index (κ3) is 11.5. The second-order valence-corrected chi connectivity index (χ2v) is 15.2. The molecule has 0 aliphatic rings. The maximum absolute atomic E-state index is 12.8. The van der Waals surface area contributed by atoms with Gasteiger partial charge in [-0.2, -0.15) is 9.58 Å². The highest BCUT2D eigenvalue weighted by atomic mass is 79.9. The fourth-order valence-corrected chi connectivity index (χ4v) is 6.14. The smallest absolute Gasteiger partial charge is 0.337 e. The summed E-state index contributed by atoms with van der Waals surface area (Å²) in [6.07, 6.45) is 1.43. The van der Waals surface area contributed by atoms with Crippen LogP contribution < -0.4 is 20.7 Å². The Labute approximate surface area is 322 Å². The van der Waals surface area contributed by atoms with E-state index in [2.05, 4.69) is 41.4 Å². The van der Waals surface area contributed by atoms with Gasteiger partial charge in [0.15, 0.2) is 0 Å². The van der Waals surface area contributed by atoms with Gasteiger partial charge in [-0.1, -0.05) is 27.7 Å². The summed E-state index contributed by atoms with van der Waals surface area (Å²) in [7, 11) is 0. The van der Waals surface area contributed by atoms with E-state index < -0.39 is 46.0 Å². The molecule has 0 bridgehead atoms. The van der Waals surface area contributed by atoms with Crippen LogP contribution in [0.4, 0.5) is 0 Å². The lowest BCUT2D eigenvalue weighted by Gasteiger charge is -2.23. The summed E-state index contributed by atoms with van der Waals surface area (Å²) in [5.74, 6) is -2.51. The van der Waals surface area contributed by atoms with E-state index in [9.17, 15) is 28.8 Å². The minimum Gasteiger partial charge on any atom is -0.462 e. The van der Waals surface area contributed by atoms with Crippen molar-refractivity contribution in [2.75, 3.05) is 13.2 Å². The van der Waals surface area contributed by atoms with Gasteiger partial charge in [0.25, 0.3) is 12.4 Å². The Balaban J connectivity index is 1.21. The lowest BCUT2D eigenvalue weighted by Crippen LogP contribution is -2.26. The fourth-order valence-electron chi connectivity index (χ4n) is 5.29. The third-order valence-electron chi connectivity index (χ3n) is 7.60.